The van der Waals surface area contributed by atoms with Crippen molar-refractivity contribution in [2.24, 2.45) is 0 Å². The van der Waals surface area contributed by atoms with Gasteiger partial charge in [-0.05, 0) is 0 Å². The average Bonchev–Trinajstić information content (AvgIpc) is 1.99. The number of methoxy groups -OCH3 is 1. The van der Waals surface area contributed by atoms with Crippen LogP contribution in [0, 0.1) is 0 Å². The van der Waals surface area contributed by atoms with E-state index in [9.17, 15) is 18.0 Å². The second-order valence-electron chi connectivity index (χ2n) is 3.10. The van der Waals surface area contributed by atoms with Crippen molar-refractivity contribution in [2.45, 2.75) is 12.5 Å². The fourth-order valence-corrected chi connectivity index (χ4v) is 2.69. The Balaban J connectivity index is 2.63. The molecule has 1 aliphatic rings. The molecule has 7 heteroatoms. The Kier molecular flexibility index (Phi) is 3.10. The van der Waals surface area contributed by atoms with Crippen LogP contribution in [0.4, 0.5) is 0 Å². The molecule has 1 fully saturated rings. The van der Waals surface area contributed by atoms with Gasteiger partial charge in [-0.15, -0.1) is 0 Å². The summed E-state index contributed by atoms with van der Waals surface area (Å²) in [6, 6.07) is -0.659. The number of carbonyl (C=O) groups excluding carboxylic acids is 2. The van der Waals surface area contributed by atoms with Crippen molar-refractivity contribution in [2.75, 3.05) is 18.6 Å². The predicted octanol–water partition coefficient (Wildman–Crippen LogP) is -1.54. The molecule has 0 spiro atoms. The van der Waals surface area contributed by atoms with Gasteiger partial charge in [0.2, 0.25) is 5.91 Å². The Hall–Kier alpha value is -1.11. The zero-order chi connectivity index (χ0) is 10.8. The Labute approximate surface area is 81.5 Å². The molecule has 1 saturated heterocycles. The van der Waals surface area contributed by atoms with Crippen LogP contribution in [0.3, 0.4) is 0 Å². The van der Waals surface area contributed by atoms with Crippen molar-refractivity contribution in [3.63, 3.8) is 0 Å². The van der Waals surface area contributed by atoms with E-state index in [-0.39, 0.29) is 12.2 Å². The first-order chi connectivity index (χ1) is 6.43. The molecule has 0 saturated carbocycles. The predicted molar refractivity (Wildman–Crippen MR) is 47.2 cm³/mol. The fraction of sp³-hybridized carbons (Fsp3) is 0.714. The summed E-state index contributed by atoms with van der Waals surface area (Å²) in [5.41, 5.74) is 0. The van der Waals surface area contributed by atoms with Crippen LogP contribution in [-0.4, -0.2) is 45.0 Å². The second kappa shape index (κ2) is 3.95. The Morgan fingerprint density at radius 1 is 1.64 bits per heavy atom. The molecule has 1 amide bonds. The fourth-order valence-electron chi connectivity index (χ4n) is 1.27. The molecule has 1 atom stereocenters. The molecule has 0 bridgehead atoms. The first kappa shape index (κ1) is 11.0. The van der Waals surface area contributed by atoms with Crippen molar-refractivity contribution in [3.05, 3.63) is 0 Å². The summed E-state index contributed by atoms with van der Waals surface area (Å²) >= 11 is 0. The molecule has 0 aliphatic carbocycles. The molecule has 1 aliphatic heterocycles. The minimum absolute atomic E-state index is 0.110. The summed E-state index contributed by atoms with van der Waals surface area (Å²) in [4.78, 5) is 21.7. The molecule has 1 heterocycles. The topological polar surface area (TPSA) is 89.5 Å². The lowest BCUT2D eigenvalue weighted by Gasteiger charge is -2.22. The lowest BCUT2D eigenvalue weighted by atomic mass is 10.2. The van der Waals surface area contributed by atoms with E-state index in [2.05, 4.69) is 10.1 Å². The normalized spacial score (nSPS) is 25.2. The highest BCUT2D eigenvalue weighted by molar-refractivity contribution is 7.92. The Morgan fingerprint density at radius 3 is 2.79 bits per heavy atom. The molecule has 14 heavy (non-hydrogen) atoms. The van der Waals surface area contributed by atoms with Gasteiger partial charge < -0.3 is 10.1 Å². The number of sulfone groups is 1. The van der Waals surface area contributed by atoms with E-state index in [0.717, 1.165) is 0 Å². The van der Waals surface area contributed by atoms with Crippen LogP contribution in [0.1, 0.15) is 6.42 Å². The SMILES string of the molecule is COC(=O)CC1CS(=O)(=O)CC(=O)N1. The molecule has 0 aromatic rings. The van der Waals surface area contributed by atoms with Crippen LogP contribution < -0.4 is 5.32 Å². The van der Waals surface area contributed by atoms with Crippen molar-refractivity contribution in [1.82, 2.24) is 5.32 Å². The number of ether oxygens (including phenoxy) is 1. The van der Waals surface area contributed by atoms with Crippen LogP contribution in [-0.2, 0) is 24.2 Å². The molecular weight excluding hydrogens is 210 g/mol. The first-order valence-corrected chi connectivity index (χ1v) is 5.81. The van der Waals surface area contributed by atoms with Crippen molar-refractivity contribution in [1.29, 1.82) is 0 Å². The number of amides is 1. The maximum Gasteiger partial charge on any atom is 0.307 e. The van der Waals surface area contributed by atoms with Gasteiger partial charge in [-0.1, -0.05) is 0 Å². The lowest BCUT2D eigenvalue weighted by Crippen LogP contribution is -2.49. The average molecular weight is 221 g/mol. The van der Waals surface area contributed by atoms with Gasteiger partial charge in [-0.3, -0.25) is 9.59 Å². The van der Waals surface area contributed by atoms with E-state index >= 15 is 0 Å². The third kappa shape index (κ3) is 2.99. The minimum atomic E-state index is -3.35. The highest BCUT2D eigenvalue weighted by Gasteiger charge is 2.30. The third-order valence-electron chi connectivity index (χ3n) is 1.81. The number of carbonyl (C=O) groups is 2. The quantitative estimate of drug-likeness (QED) is 0.571. The van der Waals surface area contributed by atoms with Crippen LogP contribution >= 0.6 is 0 Å². The molecule has 0 radical (unpaired) electrons. The Bertz CT molecular complexity index is 347. The van der Waals surface area contributed by atoms with Crippen LogP contribution in [0.5, 0.6) is 0 Å². The summed E-state index contributed by atoms with van der Waals surface area (Å²) in [6.45, 7) is 0. The lowest BCUT2D eigenvalue weighted by molar-refractivity contribution is -0.141. The summed E-state index contributed by atoms with van der Waals surface area (Å²) in [5.74, 6) is -1.80. The zero-order valence-electron chi connectivity index (χ0n) is 7.65. The molecular formula is C7H11NO5S. The van der Waals surface area contributed by atoms with Gasteiger partial charge in [0.05, 0.1) is 25.3 Å². The van der Waals surface area contributed by atoms with E-state index in [1.807, 2.05) is 0 Å². The van der Waals surface area contributed by atoms with Crippen LogP contribution in [0.2, 0.25) is 0 Å². The van der Waals surface area contributed by atoms with Crippen molar-refractivity contribution >= 4 is 21.7 Å². The summed E-state index contributed by atoms with van der Waals surface area (Å²) < 4.78 is 26.6. The summed E-state index contributed by atoms with van der Waals surface area (Å²) in [7, 11) is -2.14. The van der Waals surface area contributed by atoms with Crippen LogP contribution in [0.25, 0.3) is 0 Å². The monoisotopic (exact) mass is 221 g/mol. The van der Waals surface area contributed by atoms with Crippen molar-refractivity contribution < 1.29 is 22.7 Å². The Morgan fingerprint density at radius 2 is 2.29 bits per heavy atom. The van der Waals surface area contributed by atoms with Crippen LogP contribution in [0.15, 0.2) is 0 Å². The standard InChI is InChI=1S/C7H11NO5S/c1-13-7(10)2-5-3-14(11,12)4-6(9)8-5/h5H,2-4H2,1H3,(H,8,9). The zero-order valence-corrected chi connectivity index (χ0v) is 8.46. The summed E-state index contributed by atoms with van der Waals surface area (Å²) in [5, 5.41) is 2.42. The number of hydrogen-bond donors (Lipinski definition) is 1. The minimum Gasteiger partial charge on any atom is -0.469 e. The van der Waals surface area contributed by atoms with E-state index in [0.29, 0.717) is 0 Å². The number of hydrogen-bond acceptors (Lipinski definition) is 5. The molecule has 80 valence electrons. The second-order valence-corrected chi connectivity index (χ2v) is 5.21. The number of rotatable bonds is 2. The first-order valence-electron chi connectivity index (χ1n) is 3.99. The van der Waals surface area contributed by atoms with E-state index in [1.165, 1.54) is 7.11 Å². The smallest absolute Gasteiger partial charge is 0.307 e. The van der Waals surface area contributed by atoms with Gasteiger partial charge in [-0.25, -0.2) is 8.42 Å². The van der Waals surface area contributed by atoms with Gasteiger partial charge >= 0.3 is 5.97 Å². The van der Waals surface area contributed by atoms with Gasteiger partial charge in [0.1, 0.15) is 5.75 Å². The molecule has 1 N–H and O–H groups in total. The molecule has 1 unspecified atom stereocenters. The number of nitrogens with one attached hydrogen (secondary N) is 1. The number of esters is 1. The molecule has 0 aromatic heterocycles. The maximum atomic E-state index is 11.1. The molecule has 6 nitrogen and oxygen atoms in total. The molecule has 0 aromatic carbocycles. The van der Waals surface area contributed by atoms with Gasteiger partial charge in [0.15, 0.2) is 9.84 Å². The summed E-state index contributed by atoms with van der Waals surface area (Å²) in [6.07, 6.45) is -0.110. The highest BCUT2D eigenvalue weighted by Crippen LogP contribution is 2.06. The molecule has 1 rings (SSSR count). The van der Waals surface area contributed by atoms with Gasteiger partial charge in [0.25, 0.3) is 0 Å². The van der Waals surface area contributed by atoms with E-state index in [4.69, 9.17) is 0 Å². The van der Waals surface area contributed by atoms with E-state index in [1.54, 1.807) is 0 Å². The van der Waals surface area contributed by atoms with E-state index < -0.39 is 33.5 Å². The maximum absolute atomic E-state index is 11.1. The van der Waals surface area contributed by atoms with Gasteiger partial charge in [-0.2, -0.15) is 0 Å². The van der Waals surface area contributed by atoms with Gasteiger partial charge in [0, 0.05) is 0 Å². The van der Waals surface area contributed by atoms with Crippen molar-refractivity contribution in [3.8, 4) is 0 Å². The largest absolute Gasteiger partial charge is 0.469 e. The highest BCUT2D eigenvalue weighted by atomic mass is 32.2. The third-order valence-corrected chi connectivity index (χ3v) is 3.42.